The van der Waals surface area contributed by atoms with Crippen LogP contribution in [0.1, 0.15) is 0 Å². The summed E-state index contributed by atoms with van der Waals surface area (Å²) in [5.74, 6) is 0.322. The average Bonchev–Trinajstić information content (AvgIpc) is 2.94. The first-order chi connectivity index (χ1) is 9.70. The van der Waals surface area contributed by atoms with Crippen LogP contribution in [0.3, 0.4) is 0 Å². The van der Waals surface area contributed by atoms with E-state index in [0.29, 0.717) is 17.3 Å². The summed E-state index contributed by atoms with van der Waals surface area (Å²) in [6.45, 7) is 0. The van der Waals surface area contributed by atoms with Crippen LogP contribution in [0.2, 0.25) is 0 Å². The van der Waals surface area contributed by atoms with Gasteiger partial charge in [-0.05, 0) is 12.1 Å². The lowest BCUT2D eigenvalue weighted by Crippen LogP contribution is -2.03. The molecule has 0 aromatic carbocycles. The molecule has 3 heterocycles. The van der Waals surface area contributed by atoms with Gasteiger partial charge in [-0.3, -0.25) is 14.5 Å². The Balaban J connectivity index is 2.32. The Labute approximate surface area is 113 Å². The van der Waals surface area contributed by atoms with Gasteiger partial charge in [-0.25, -0.2) is 15.0 Å². The van der Waals surface area contributed by atoms with Crippen molar-refractivity contribution in [3.8, 4) is 11.4 Å². The highest BCUT2D eigenvalue weighted by molar-refractivity contribution is 5.69. The van der Waals surface area contributed by atoms with E-state index in [0.717, 1.165) is 0 Å². The average molecular weight is 270 g/mol. The van der Waals surface area contributed by atoms with E-state index in [1.54, 1.807) is 36.0 Å². The zero-order valence-electron chi connectivity index (χ0n) is 10.5. The van der Waals surface area contributed by atoms with Crippen molar-refractivity contribution in [2.45, 2.75) is 0 Å². The van der Waals surface area contributed by atoms with Gasteiger partial charge in [0.05, 0.1) is 10.6 Å². The number of hydrogen-bond acceptors (Lipinski definition) is 6. The molecule has 0 unspecified atom stereocenters. The SMILES string of the molecule is CNc1ncc([N+](=O)[O-])c(-c2cccc3nccn23)n1. The molecular weight excluding hydrogens is 260 g/mol. The Bertz CT molecular complexity index is 797. The second-order valence-electron chi connectivity index (χ2n) is 4.00. The predicted molar refractivity (Wildman–Crippen MR) is 72.4 cm³/mol. The normalized spacial score (nSPS) is 10.7. The molecule has 100 valence electrons. The molecule has 0 atom stereocenters. The molecule has 20 heavy (non-hydrogen) atoms. The molecule has 3 aromatic heterocycles. The van der Waals surface area contributed by atoms with Crippen LogP contribution in [0, 0.1) is 10.1 Å². The molecule has 3 aromatic rings. The van der Waals surface area contributed by atoms with Gasteiger partial charge in [-0.2, -0.15) is 0 Å². The maximum Gasteiger partial charge on any atom is 0.315 e. The summed E-state index contributed by atoms with van der Waals surface area (Å²) in [6, 6.07) is 5.35. The van der Waals surface area contributed by atoms with E-state index in [1.807, 2.05) is 6.07 Å². The topological polar surface area (TPSA) is 98.2 Å². The maximum atomic E-state index is 11.1. The number of nitro groups is 1. The van der Waals surface area contributed by atoms with Gasteiger partial charge in [0.25, 0.3) is 0 Å². The summed E-state index contributed by atoms with van der Waals surface area (Å²) in [4.78, 5) is 22.9. The third kappa shape index (κ3) is 1.83. The third-order valence-corrected chi connectivity index (χ3v) is 2.86. The number of aromatic nitrogens is 4. The van der Waals surface area contributed by atoms with E-state index < -0.39 is 4.92 Å². The molecule has 1 N–H and O–H groups in total. The molecule has 0 aliphatic carbocycles. The van der Waals surface area contributed by atoms with E-state index in [-0.39, 0.29) is 11.4 Å². The predicted octanol–water partition coefficient (Wildman–Crippen LogP) is 1.74. The molecule has 0 amide bonds. The minimum atomic E-state index is -0.496. The molecule has 0 saturated carbocycles. The second-order valence-corrected chi connectivity index (χ2v) is 4.00. The molecular formula is C12H10N6O2. The van der Waals surface area contributed by atoms with Gasteiger partial charge >= 0.3 is 5.69 Å². The van der Waals surface area contributed by atoms with Crippen molar-refractivity contribution in [3.05, 3.63) is 46.9 Å². The van der Waals surface area contributed by atoms with Gasteiger partial charge < -0.3 is 5.32 Å². The van der Waals surface area contributed by atoms with Gasteiger partial charge in [0.15, 0.2) is 5.69 Å². The number of anilines is 1. The fraction of sp³-hybridized carbons (Fsp3) is 0.0833. The summed E-state index contributed by atoms with van der Waals surface area (Å²) < 4.78 is 1.74. The van der Waals surface area contributed by atoms with E-state index >= 15 is 0 Å². The van der Waals surface area contributed by atoms with Gasteiger partial charge in [-0.15, -0.1) is 0 Å². The van der Waals surface area contributed by atoms with Crippen LogP contribution in [0.5, 0.6) is 0 Å². The van der Waals surface area contributed by atoms with Crippen molar-refractivity contribution in [2.75, 3.05) is 12.4 Å². The van der Waals surface area contributed by atoms with Crippen LogP contribution in [-0.4, -0.2) is 31.3 Å². The molecule has 0 radical (unpaired) electrons. The summed E-state index contributed by atoms with van der Waals surface area (Å²) in [6.07, 6.45) is 4.56. The zero-order chi connectivity index (χ0) is 14.1. The van der Waals surface area contributed by atoms with Gasteiger partial charge in [0.1, 0.15) is 11.8 Å². The first-order valence-electron chi connectivity index (χ1n) is 5.82. The fourth-order valence-corrected chi connectivity index (χ4v) is 1.96. The first kappa shape index (κ1) is 12.0. The lowest BCUT2D eigenvalue weighted by Gasteiger charge is -2.07. The molecule has 0 fully saturated rings. The minimum Gasteiger partial charge on any atom is -0.357 e. The standard InChI is InChI=1S/C12H10N6O2/c1-13-12-15-7-9(18(19)20)11(16-12)8-3-2-4-10-14-5-6-17(8)10/h2-7H,1H3,(H,13,15,16). The molecule has 8 nitrogen and oxygen atoms in total. The summed E-state index contributed by atoms with van der Waals surface area (Å²) in [5.41, 5.74) is 1.38. The smallest absolute Gasteiger partial charge is 0.315 e. The van der Waals surface area contributed by atoms with E-state index in [4.69, 9.17) is 0 Å². The van der Waals surface area contributed by atoms with Crippen molar-refractivity contribution in [3.63, 3.8) is 0 Å². The third-order valence-electron chi connectivity index (χ3n) is 2.86. The summed E-state index contributed by atoms with van der Waals surface area (Å²) in [7, 11) is 1.66. The highest BCUT2D eigenvalue weighted by atomic mass is 16.6. The Morgan fingerprint density at radius 2 is 2.20 bits per heavy atom. The molecule has 0 saturated heterocycles. The Kier molecular flexibility index (Phi) is 2.75. The molecule has 0 aliphatic heterocycles. The Morgan fingerprint density at radius 1 is 1.35 bits per heavy atom. The van der Waals surface area contributed by atoms with Crippen molar-refractivity contribution < 1.29 is 4.92 Å². The quantitative estimate of drug-likeness (QED) is 0.575. The van der Waals surface area contributed by atoms with Crippen LogP contribution in [0.15, 0.2) is 36.8 Å². The fourth-order valence-electron chi connectivity index (χ4n) is 1.96. The van der Waals surface area contributed by atoms with Crippen LogP contribution in [0.25, 0.3) is 17.0 Å². The van der Waals surface area contributed by atoms with Gasteiger partial charge in [0.2, 0.25) is 5.95 Å². The van der Waals surface area contributed by atoms with Crippen LogP contribution in [-0.2, 0) is 0 Å². The van der Waals surface area contributed by atoms with E-state index in [2.05, 4.69) is 20.3 Å². The molecule has 0 aliphatic rings. The first-order valence-corrected chi connectivity index (χ1v) is 5.82. The zero-order valence-corrected chi connectivity index (χ0v) is 10.5. The Morgan fingerprint density at radius 3 is 2.95 bits per heavy atom. The Hall–Kier alpha value is -3.03. The van der Waals surface area contributed by atoms with E-state index in [1.165, 1.54) is 6.20 Å². The van der Waals surface area contributed by atoms with Gasteiger partial charge in [-0.1, -0.05) is 6.07 Å². The number of imidazole rings is 1. The van der Waals surface area contributed by atoms with Crippen LogP contribution < -0.4 is 5.32 Å². The number of nitrogens with zero attached hydrogens (tertiary/aromatic N) is 5. The molecule has 8 heteroatoms. The number of nitrogens with one attached hydrogen (secondary N) is 1. The lowest BCUT2D eigenvalue weighted by molar-refractivity contribution is -0.384. The van der Waals surface area contributed by atoms with Crippen LogP contribution >= 0.6 is 0 Å². The van der Waals surface area contributed by atoms with E-state index in [9.17, 15) is 10.1 Å². The summed E-state index contributed by atoms with van der Waals surface area (Å²) >= 11 is 0. The van der Waals surface area contributed by atoms with Crippen LogP contribution in [0.4, 0.5) is 11.6 Å². The maximum absolute atomic E-state index is 11.1. The lowest BCUT2D eigenvalue weighted by atomic mass is 10.2. The number of fused-ring (bicyclic) bond motifs is 1. The molecule has 0 spiro atoms. The highest BCUT2D eigenvalue weighted by Gasteiger charge is 2.20. The number of pyridine rings is 1. The molecule has 3 rings (SSSR count). The largest absolute Gasteiger partial charge is 0.357 e. The van der Waals surface area contributed by atoms with Crippen molar-refractivity contribution in [1.29, 1.82) is 0 Å². The van der Waals surface area contributed by atoms with Crippen molar-refractivity contribution in [1.82, 2.24) is 19.4 Å². The van der Waals surface area contributed by atoms with Crippen molar-refractivity contribution in [2.24, 2.45) is 0 Å². The molecule has 0 bridgehead atoms. The monoisotopic (exact) mass is 270 g/mol. The van der Waals surface area contributed by atoms with Gasteiger partial charge in [0, 0.05) is 19.4 Å². The minimum absolute atomic E-state index is 0.148. The number of rotatable bonds is 3. The number of hydrogen-bond donors (Lipinski definition) is 1. The van der Waals surface area contributed by atoms with Crippen molar-refractivity contribution >= 4 is 17.3 Å². The summed E-state index contributed by atoms with van der Waals surface area (Å²) in [5, 5.41) is 13.9. The highest BCUT2D eigenvalue weighted by Crippen LogP contribution is 2.28. The second kappa shape index (κ2) is 4.57.